The zero-order valence-electron chi connectivity index (χ0n) is 16.8. The molecule has 5 rings (SSSR count). The molecule has 3 N–H and O–H groups in total. The molecule has 1 aliphatic heterocycles. The Balaban J connectivity index is 0.000000298. The van der Waals surface area contributed by atoms with E-state index in [0.29, 0.717) is 11.3 Å². The Labute approximate surface area is 168 Å². The fraction of sp³-hybridized carbons (Fsp3) is 0.650. The number of rotatable bonds is 3. The van der Waals surface area contributed by atoms with E-state index in [1.807, 2.05) is 6.07 Å². The van der Waals surface area contributed by atoms with Gasteiger partial charge in [-0.15, -0.1) is 0 Å². The number of benzene rings is 1. The molecule has 0 aromatic heterocycles. The normalized spacial score (nSPS) is 33.1. The Morgan fingerprint density at radius 2 is 1.86 bits per heavy atom. The molecule has 0 spiro atoms. The number of hydrogen-bond acceptors (Lipinski definition) is 4. The minimum absolute atomic E-state index is 0.106. The second-order valence-electron chi connectivity index (χ2n) is 8.99. The molecule has 0 amide bonds. The molecule has 1 aromatic rings. The highest BCUT2D eigenvalue weighted by Crippen LogP contribution is 2.65. The third kappa shape index (κ3) is 4.18. The van der Waals surface area contributed by atoms with E-state index < -0.39 is 12.1 Å². The van der Waals surface area contributed by atoms with Crippen molar-refractivity contribution >= 4 is 13.1 Å². The number of carboxylic acids is 1. The zero-order chi connectivity index (χ0) is 21.6. The van der Waals surface area contributed by atoms with E-state index >= 15 is 0 Å². The standard InChI is InChI=1S/C18H26BNO2.C2HF3O2/c1-17(2)13-10-14(17)18(3)15(11-13)21-19(22-18)16(20)9-12-7-5-4-6-8-12;3-2(4,5)1(6)7/h4-8,13-16H,9-11,20H2,1-3H3;(H,6,7)/t13-,14-,15?,16-,18-;/m0./s1. The summed E-state index contributed by atoms with van der Waals surface area (Å²) in [4.78, 5) is 8.90. The zero-order valence-corrected chi connectivity index (χ0v) is 16.8. The first-order chi connectivity index (χ1) is 13.4. The van der Waals surface area contributed by atoms with Crippen LogP contribution in [0.1, 0.15) is 39.2 Å². The average Bonchev–Trinajstić information content (AvgIpc) is 2.99. The number of carbonyl (C=O) groups is 1. The van der Waals surface area contributed by atoms with Crippen molar-refractivity contribution in [2.45, 2.75) is 63.9 Å². The molecule has 5 nitrogen and oxygen atoms in total. The van der Waals surface area contributed by atoms with Crippen molar-refractivity contribution < 1.29 is 32.4 Å². The van der Waals surface area contributed by atoms with Crippen molar-refractivity contribution in [3.05, 3.63) is 35.9 Å². The van der Waals surface area contributed by atoms with Crippen LogP contribution in [0.3, 0.4) is 0 Å². The van der Waals surface area contributed by atoms with Gasteiger partial charge in [-0.05, 0) is 49.0 Å². The molecule has 4 fully saturated rings. The maximum absolute atomic E-state index is 10.6. The van der Waals surface area contributed by atoms with Gasteiger partial charge in [-0.3, -0.25) is 0 Å². The van der Waals surface area contributed by atoms with Gasteiger partial charge in [0.1, 0.15) is 0 Å². The number of carboxylic acid groups (broad SMARTS) is 1. The van der Waals surface area contributed by atoms with Crippen LogP contribution in [0.2, 0.25) is 0 Å². The van der Waals surface area contributed by atoms with E-state index in [9.17, 15) is 13.2 Å². The first kappa shape index (κ1) is 22.1. The predicted octanol–water partition coefficient (Wildman–Crippen LogP) is 3.46. The van der Waals surface area contributed by atoms with Crippen LogP contribution in [-0.4, -0.2) is 42.0 Å². The van der Waals surface area contributed by atoms with Gasteiger partial charge in [0.15, 0.2) is 0 Å². The molecule has 1 unspecified atom stereocenters. The number of aliphatic carboxylic acids is 1. The number of halogens is 3. The van der Waals surface area contributed by atoms with E-state index in [0.717, 1.165) is 18.8 Å². The number of hydrogen-bond donors (Lipinski definition) is 2. The summed E-state index contributed by atoms with van der Waals surface area (Å²) < 4.78 is 44.4. The van der Waals surface area contributed by atoms with E-state index in [1.165, 1.54) is 12.0 Å². The molecule has 160 valence electrons. The van der Waals surface area contributed by atoms with Crippen molar-refractivity contribution in [2.24, 2.45) is 23.0 Å². The van der Waals surface area contributed by atoms with Gasteiger partial charge in [0.2, 0.25) is 0 Å². The highest BCUT2D eigenvalue weighted by Gasteiger charge is 2.68. The quantitative estimate of drug-likeness (QED) is 0.742. The van der Waals surface area contributed by atoms with Crippen LogP contribution in [0.4, 0.5) is 13.2 Å². The molecule has 0 radical (unpaired) electrons. The first-order valence-electron chi connectivity index (χ1n) is 9.78. The summed E-state index contributed by atoms with van der Waals surface area (Å²) in [7, 11) is -0.273. The summed E-state index contributed by atoms with van der Waals surface area (Å²) in [5.74, 6) is -1.49. The highest BCUT2D eigenvalue weighted by atomic mass is 19.4. The van der Waals surface area contributed by atoms with Crippen LogP contribution in [0, 0.1) is 17.3 Å². The maximum Gasteiger partial charge on any atom is 0.490 e. The van der Waals surface area contributed by atoms with Gasteiger partial charge in [0.05, 0.1) is 11.7 Å². The summed E-state index contributed by atoms with van der Waals surface area (Å²) in [6.45, 7) is 7.01. The third-order valence-electron chi connectivity index (χ3n) is 6.88. The Morgan fingerprint density at radius 1 is 1.28 bits per heavy atom. The van der Waals surface area contributed by atoms with Gasteiger partial charge in [-0.1, -0.05) is 44.2 Å². The molecule has 4 aliphatic rings. The van der Waals surface area contributed by atoms with Gasteiger partial charge in [-0.25, -0.2) is 4.79 Å². The first-order valence-corrected chi connectivity index (χ1v) is 9.78. The van der Waals surface area contributed by atoms with Crippen LogP contribution in [0.25, 0.3) is 0 Å². The summed E-state index contributed by atoms with van der Waals surface area (Å²) >= 11 is 0. The Bertz CT molecular complexity index is 745. The molecule has 5 atom stereocenters. The summed E-state index contributed by atoms with van der Waals surface area (Å²) in [5, 5.41) is 7.12. The van der Waals surface area contributed by atoms with Crippen LogP contribution in [0.15, 0.2) is 30.3 Å². The molecule has 29 heavy (non-hydrogen) atoms. The van der Waals surface area contributed by atoms with Gasteiger partial charge < -0.3 is 20.1 Å². The van der Waals surface area contributed by atoms with Gasteiger partial charge in [0.25, 0.3) is 0 Å². The van der Waals surface area contributed by atoms with Gasteiger partial charge in [-0.2, -0.15) is 13.2 Å². The van der Waals surface area contributed by atoms with Crippen molar-refractivity contribution in [3.63, 3.8) is 0 Å². The number of alkyl halides is 3. The molecule has 2 bridgehead atoms. The molecule has 1 saturated heterocycles. The second-order valence-corrected chi connectivity index (χ2v) is 8.99. The van der Waals surface area contributed by atoms with Crippen LogP contribution >= 0.6 is 0 Å². The smallest absolute Gasteiger partial charge is 0.475 e. The summed E-state index contributed by atoms with van der Waals surface area (Å²) in [5.41, 5.74) is 7.87. The Morgan fingerprint density at radius 3 is 2.38 bits per heavy atom. The van der Waals surface area contributed by atoms with Gasteiger partial charge in [0, 0.05) is 5.94 Å². The predicted molar refractivity (Wildman–Crippen MR) is 102 cm³/mol. The SMILES string of the molecule is CC1(C)[C@@H]2CC3OB([C@@H](N)Cc4ccccc4)O[C@@]3(C)[C@H]1C2.O=C(O)C(F)(F)F. The van der Waals surface area contributed by atoms with Crippen LogP contribution in [0.5, 0.6) is 0 Å². The van der Waals surface area contributed by atoms with Crippen molar-refractivity contribution in [1.29, 1.82) is 0 Å². The molecule has 3 saturated carbocycles. The lowest BCUT2D eigenvalue weighted by atomic mass is 9.43. The summed E-state index contributed by atoms with van der Waals surface area (Å²) in [6.07, 6.45) is -1.67. The fourth-order valence-electron chi connectivity index (χ4n) is 5.06. The largest absolute Gasteiger partial charge is 0.490 e. The molecule has 1 aromatic carbocycles. The van der Waals surface area contributed by atoms with E-state index in [1.54, 1.807) is 0 Å². The lowest BCUT2D eigenvalue weighted by molar-refractivity contribution is -0.199. The van der Waals surface area contributed by atoms with Gasteiger partial charge >= 0.3 is 19.3 Å². The van der Waals surface area contributed by atoms with E-state index in [4.69, 9.17) is 24.9 Å². The lowest BCUT2D eigenvalue weighted by Gasteiger charge is -2.64. The summed E-state index contributed by atoms with van der Waals surface area (Å²) in [6, 6.07) is 10.4. The monoisotopic (exact) mass is 413 g/mol. The third-order valence-corrected chi connectivity index (χ3v) is 6.88. The molecule has 9 heteroatoms. The highest BCUT2D eigenvalue weighted by molar-refractivity contribution is 6.47. The van der Waals surface area contributed by atoms with E-state index in [2.05, 4.69) is 45.0 Å². The lowest BCUT2D eigenvalue weighted by Crippen LogP contribution is -2.65. The van der Waals surface area contributed by atoms with Crippen molar-refractivity contribution in [2.75, 3.05) is 0 Å². The molecular weight excluding hydrogens is 386 g/mol. The number of nitrogens with two attached hydrogens (primary N) is 1. The second kappa shape index (κ2) is 7.59. The Kier molecular flexibility index (Phi) is 5.79. The van der Waals surface area contributed by atoms with Crippen LogP contribution in [-0.2, 0) is 20.5 Å². The van der Waals surface area contributed by atoms with Crippen LogP contribution < -0.4 is 5.73 Å². The van der Waals surface area contributed by atoms with Crippen molar-refractivity contribution in [1.82, 2.24) is 0 Å². The topological polar surface area (TPSA) is 81.8 Å². The minimum Gasteiger partial charge on any atom is -0.475 e. The Hall–Kier alpha value is -1.58. The molecule has 3 aliphatic carbocycles. The van der Waals surface area contributed by atoms with Crippen molar-refractivity contribution in [3.8, 4) is 0 Å². The molecular formula is C20H27BF3NO4. The van der Waals surface area contributed by atoms with E-state index in [-0.39, 0.29) is 24.8 Å². The fourth-order valence-corrected chi connectivity index (χ4v) is 5.06. The minimum atomic E-state index is -5.08. The molecule has 1 heterocycles. The average molecular weight is 413 g/mol. The maximum atomic E-state index is 10.6.